The summed E-state index contributed by atoms with van der Waals surface area (Å²) >= 11 is 0. The smallest absolute Gasteiger partial charge is 0.339 e. The molecule has 2 nitrogen and oxygen atoms in total. The molecule has 2 fully saturated rings. The van der Waals surface area contributed by atoms with Gasteiger partial charge < -0.3 is 4.74 Å². The summed E-state index contributed by atoms with van der Waals surface area (Å²) in [6.45, 7) is 0. The zero-order valence-electron chi connectivity index (χ0n) is 17.2. The second-order valence-electron chi connectivity index (χ2n) is 8.83. The Morgan fingerprint density at radius 1 is 0.935 bits per heavy atom. The number of ether oxygens (including phenoxy) is 1. The number of esters is 1. The highest BCUT2D eigenvalue weighted by Crippen LogP contribution is 2.53. The minimum atomic E-state index is -0.705. The molecule has 0 spiro atoms. The zero-order valence-corrected chi connectivity index (χ0v) is 18.0. The first kappa shape index (κ1) is 18.7. The normalized spacial score (nSPS) is 24.5. The summed E-state index contributed by atoms with van der Waals surface area (Å²) in [7, 11) is -0.162. The topological polar surface area (TPSA) is 26.3 Å². The van der Waals surface area contributed by atoms with Crippen molar-refractivity contribution < 1.29 is 9.53 Å². The van der Waals surface area contributed by atoms with E-state index in [-0.39, 0.29) is 16.4 Å². The summed E-state index contributed by atoms with van der Waals surface area (Å²) in [5.74, 6) is 3.48. The van der Waals surface area contributed by atoms with Crippen LogP contribution in [-0.4, -0.2) is 11.6 Å². The number of rotatable bonds is 3. The lowest BCUT2D eigenvalue weighted by Gasteiger charge is -2.32. The van der Waals surface area contributed by atoms with Gasteiger partial charge in [0.2, 0.25) is 0 Å². The summed E-state index contributed by atoms with van der Waals surface area (Å²) in [6.07, 6.45) is 10.0. The molecule has 152 valence electrons. The predicted molar refractivity (Wildman–Crippen MR) is 128 cm³/mol. The van der Waals surface area contributed by atoms with Gasteiger partial charge in [-0.1, -0.05) is 30.2 Å². The minimum Gasteiger partial charge on any atom is -0.442 e. The number of carbonyl (C=O) groups excluding carboxylic acids is 1. The summed E-state index contributed by atoms with van der Waals surface area (Å²) in [6, 6.07) is 25.1. The molecule has 2 saturated carbocycles. The van der Waals surface area contributed by atoms with Gasteiger partial charge in [-0.05, 0) is 73.7 Å². The number of fused-ring (bicyclic) bond motifs is 5. The van der Waals surface area contributed by atoms with E-state index in [0.717, 1.165) is 19.3 Å². The molecule has 0 aliphatic heterocycles. The van der Waals surface area contributed by atoms with Crippen molar-refractivity contribution in [3.8, 4) is 17.2 Å². The van der Waals surface area contributed by atoms with Gasteiger partial charge in [-0.15, -0.1) is 6.42 Å². The quantitative estimate of drug-likeness (QED) is 0.200. The number of hydrogen-bond donors (Lipinski definition) is 0. The average Bonchev–Trinajstić information content (AvgIpc) is 3.51. The largest absolute Gasteiger partial charge is 0.442 e. The van der Waals surface area contributed by atoms with Crippen molar-refractivity contribution in [3.63, 3.8) is 0 Å². The molecular weight excluding hydrogens is 400 g/mol. The van der Waals surface area contributed by atoms with Crippen LogP contribution in [0.2, 0.25) is 0 Å². The molecule has 3 unspecified atom stereocenters. The lowest BCUT2D eigenvalue weighted by atomic mass is 9.84. The van der Waals surface area contributed by atoms with Crippen LogP contribution in [-0.2, 0) is 4.74 Å². The summed E-state index contributed by atoms with van der Waals surface area (Å²) < 4.78 is 8.65. The van der Waals surface area contributed by atoms with Gasteiger partial charge >= 0.3 is 5.97 Å². The molecule has 3 heteroatoms. The molecule has 6 rings (SSSR count). The van der Waals surface area contributed by atoms with E-state index in [1.54, 1.807) is 0 Å². The molecule has 0 saturated heterocycles. The van der Waals surface area contributed by atoms with Crippen molar-refractivity contribution in [2.45, 2.75) is 31.3 Å². The van der Waals surface area contributed by atoms with Gasteiger partial charge in [0.25, 0.3) is 0 Å². The molecular formula is C28H23O2S+. The van der Waals surface area contributed by atoms with Gasteiger partial charge in [-0.2, -0.15) is 0 Å². The van der Waals surface area contributed by atoms with Crippen molar-refractivity contribution >= 4 is 36.6 Å². The van der Waals surface area contributed by atoms with E-state index in [9.17, 15) is 4.79 Å². The number of benzene rings is 3. The van der Waals surface area contributed by atoms with Gasteiger partial charge in [0, 0.05) is 33.6 Å². The highest BCUT2D eigenvalue weighted by atomic mass is 32.2. The summed E-state index contributed by atoms with van der Waals surface area (Å²) in [5, 5.41) is 2.61. The Balaban J connectivity index is 1.35. The van der Waals surface area contributed by atoms with Crippen molar-refractivity contribution in [2.24, 2.45) is 11.8 Å². The third-order valence-corrected chi connectivity index (χ3v) is 9.48. The van der Waals surface area contributed by atoms with Crippen LogP contribution >= 0.6 is 10.5 Å². The second kappa shape index (κ2) is 6.97. The highest BCUT2D eigenvalue weighted by Gasteiger charge is 2.53. The van der Waals surface area contributed by atoms with E-state index < -0.39 is 5.60 Å². The lowest BCUT2D eigenvalue weighted by Crippen LogP contribution is -2.39. The fourth-order valence-corrected chi connectivity index (χ4v) is 8.05. The zero-order chi connectivity index (χ0) is 21.0. The fourth-order valence-electron chi connectivity index (χ4n) is 5.67. The number of terminal acetylenes is 1. The fraction of sp³-hybridized carbons (Fsp3) is 0.250. The maximum atomic E-state index is 13.0. The Hall–Kier alpha value is -3.09. The Bertz CT molecular complexity index is 1300. The molecule has 0 N–H and O–H groups in total. The van der Waals surface area contributed by atoms with Gasteiger partial charge in [-0.25, -0.2) is 4.79 Å². The summed E-state index contributed by atoms with van der Waals surface area (Å²) in [4.78, 5) is 14.2. The predicted octanol–water partition coefficient (Wildman–Crippen LogP) is 7.08. The van der Waals surface area contributed by atoms with Gasteiger partial charge in [-0.3, -0.25) is 0 Å². The Morgan fingerprint density at radius 3 is 2.13 bits per heavy atom. The van der Waals surface area contributed by atoms with Crippen molar-refractivity contribution in [1.29, 1.82) is 0 Å². The van der Waals surface area contributed by atoms with Gasteiger partial charge in [0.05, 0.1) is 5.56 Å². The van der Waals surface area contributed by atoms with Crippen LogP contribution in [0.3, 0.4) is 0 Å². The first-order chi connectivity index (χ1) is 15.2. The van der Waals surface area contributed by atoms with E-state index in [1.807, 2.05) is 12.1 Å². The molecule has 3 atom stereocenters. The van der Waals surface area contributed by atoms with Crippen LogP contribution in [0.25, 0.3) is 25.1 Å². The molecule has 3 aromatic carbocycles. The molecule has 0 amide bonds. The standard InChI is InChI=1S/C28H23O2S/c1-2-28(18-19-11-14-21(28)17-19)30-27(29)20-12-15-22(16-13-20)31-25-9-5-3-7-23(25)24-8-4-6-10-26(24)31/h1,3-10,12-13,15-16,19,21H,11,14,17-18H2/q+1. The third kappa shape index (κ3) is 2.82. The van der Waals surface area contributed by atoms with Crippen LogP contribution in [0, 0.1) is 24.2 Å². The third-order valence-electron chi connectivity index (χ3n) is 7.14. The SMILES string of the molecule is C#CC1(OC(=O)c2ccc(-[s+]3c4ccccc4c4ccccc43)cc2)CC2CCC1C2. The van der Waals surface area contributed by atoms with Crippen LogP contribution in [0.4, 0.5) is 0 Å². The van der Waals surface area contributed by atoms with E-state index in [0.29, 0.717) is 17.4 Å². The first-order valence-corrected chi connectivity index (χ1v) is 12.1. The monoisotopic (exact) mass is 423 g/mol. The van der Waals surface area contributed by atoms with Crippen LogP contribution in [0.15, 0.2) is 72.8 Å². The second-order valence-corrected chi connectivity index (χ2v) is 10.8. The number of carbonyl (C=O) groups is 1. The van der Waals surface area contributed by atoms with Crippen LogP contribution in [0.1, 0.15) is 36.0 Å². The maximum Gasteiger partial charge on any atom is 0.339 e. The molecule has 0 radical (unpaired) electrons. The minimum absolute atomic E-state index is 0.162. The molecule has 1 heterocycles. The Morgan fingerprint density at radius 2 is 1.58 bits per heavy atom. The highest BCUT2D eigenvalue weighted by molar-refractivity contribution is 7.50. The molecule has 1 aromatic heterocycles. The molecule has 2 aliphatic carbocycles. The first-order valence-electron chi connectivity index (χ1n) is 10.9. The summed E-state index contributed by atoms with van der Waals surface area (Å²) in [5.41, 5.74) is -0.130. The van der Waals surface area contributed by atoms with Gasteiger partial charge in [0.1, 0.15) is 0 Å². The average molecular weight is 424 g/mol. The molecule has 2 aliphatic rings. The van der Waals surface area contributed by atoms with Crippen LogP contribution in [0.5, 0.6) is 0 Å². The maximum absolute atomic E-state index is 13.0. The van der Waals surface area contributed by atoms with E-state index in [1.165, 1.54) is 31.5 Å². The molecule has 31 heavy (non-hydrogen) atoms. The number of hydrogen-bond acceptors (Lipinski definition) is 2. The molecule has 4 aromatic rings. The van der Waals surface area contributed by atoms with Gasteiger partial charge in [0.15, 0.2) is 19.9 Å². The van der Waals surface area contributed by atoms with Crippen LogP contribution < -0.4 is 0 Å². The van der Waals surface area contributed by atoms with E-state index >= 15 is 0 Å². The van der Waals surface area contributed by atoms with Crippen molar-refractivity contribution in [1.82, 2.24) is 0 Å². The Labute approximate surface area is 184 Å². The molecule has 2 bridgehead atoms. The number of thiophene rings is 1. The van der Waals surface area contributed by atoms with E-state index in [4.69, 9.17) is 11.2 Å². The van der Waals surface area contributed by atoms with Crippen molar-refractivity contribution in [3.05, 3.63) is 78.4 Å². The van der Waals surface area contributed by atoms with Crippen molar-refractivity contribution in [2.75, 3.05) is 0 Å². The lowest BCUT2D eigenvalue weighted by molar-refractivity contribution is -0.0150. The Kier molecular flexibility index (Phi) is 4.20. The van der Waals surface area contributed by atoms with E-state index in [2.05, 4.69) is 66.6 Å².